The molecule has 0 radical (unpaired) electrons. The fourth-order valence-corrected chi connectivity index (χ4v) is 0.873. The van der Waals surface area contributed by atoms with Crippen LogP contribution in [0.5, 0.6) is 0 Å². The number of nitrogens with one attached hydrogen (secondary N) is 1. The first-order chi connectivity index (χ1) is 6.38. The van der Waals surface area contributed by atoms with E-state index in [2.05, 4.69) is 9.98 Å². The molecule has 0 aliphatic carbocycles. The van der Waals surface area contributed by atoms with Gasteiger partial charge in [0.2, 0.25) is 0 Å². The number of hydrogen-bond donors (Lipinski definition) is 1. The molecule has 1 N–H and O–H groups in total. The SMILES string of the molecule is C/C=C\N=C(C=N)c1ccncc1. The van der Waals surface area contributed by atoms with E-state index in [0.717, 1.165) is 5.56 Å². The van der Waals surface area contributed by atoms with E-state index in [1.807, 2.05) is 25.1 Å². The third-order valence-electron chi connectivity index (χ3n) is 1.48. The van der Waals surface area contributed by atoms with Crippen molar-refractivity contribution in [2.45, 2.75) is 6.92 Å². The van der Waals surface area contributed by atoms with Gasteiger partial charge in [-0.1, -0.05) is 6.08 Å². The Bertz CT molecular complexity index is 325. The molecule has 0 amide bonds. The van der Waals surface area contributed by atoms with E-state index in [9.17, 15) is 0 Å². The highest BCUT2D eigenvalue weighted by Crippen LogP contribution is 1.98. The molecule has 0 aliphatic rings. The summed E-state index contributed by atoms with van der Waals surface area (Å²) in [5, 5.41) is 7.17. The van der Waals surface area contributed by atoms with Gasteiger partial charge < -0.3 is 5.41 Å². The number of aromatic nitrogens is 1. The molecule has 0 fully saturated rings. The van der Waals surface area contributed by atoms with Crippen molar-refractivity contribution in [3.8, 4) is 0 Å². The van der Waals surface area contributed by atoms with Crippen molar-refractivity contribution in [1.82, 2.24) is 4.98 Å². The van der Waals surface area contributed by atoms with Crippen molar-refractivity contribution in [3.63, 3.8) is 0 Å². The van der Waals surface area contributed by atoms with E-state index in [4.69, 9.17) is 5.41 Å². The molecule has 3 nitrogen and oxygen atoms in total. The van der Waals surface area contributed by atoms with Crippen molar-refractivity contribution in [2.24, 2.45) is 4.99 Å². The summed E-state index contributed by atoms with van der Waals surface area (Å²) >= 11 is 0. The molecule has 0 atom stereocenters. The van der Waals surface area contributed by atoms with Crippen LogP contribution < -0.4 is 0 Å². The van der Waals surface area contributed by atoms with Crippen molar-refractivity contribution in [3.05, 3.63) is 42.4 Å². The second-order valence-electron chi connectivity index (χ2n) is 2.38. The summed E-state index contributed by atoms with van der Waals surface area (Å²) < 4.78 is 0. The quantitative estimate of drug-likeness (QED) is 0.699. The third-order valence-corrected chi connectivity index (χ3v) is 1.48. The smallest absolute Gasteiger partial charge is 0.0878 e. The average Bonchev–Trinajstić information content (AvgIpc) is 2.21. The van der Waals surface area contributed by atoms with Crippen molar-refractivity contribution >= 4 is 11.9 Å². The molecule has 66 valence electrons. The van der Waals surface area contributed by atoms with Gasteiger partial charge in [-0.25, -0.2) is 0 Å². The van der Waals surface area contributed by atoms with Gasteiger partial charge in [0.05, 0.1) is 5.71 Å². The third kappa shape index (κ3) is 2.63. The summed E-state index contributed by atoms with van der Waals surface area (Å²) in [6, 6.07) is 3.65. The lowest BCUT2D eigenvalue weighted by atomic mass is 10.2. The van der Waals surface area contributed by atoms with Crippen LogP contribution in [0.3, 0.4) is 0 Å². The summed E-state index contributed by atoms with van der Waals surface area (Å²) in [6.45, 7) is 1.89. The van der Waals surface area contributed by atoms with Crippen LogP contribution >= 0.6 is 0 Å². The number of rotatable bonds is 3. The Balaban J connectivity index is 2.98. The molecule has 1 aromatic heterocycles. The Hall–Kier alpha value is -1.77. The minimum Gasteiger partial charge on any atom is -0.306 e. The summed E-state index contributed by atoms with van der Waals surface area (Å²) in [4.78, 5) is 7.99. The molecule has 1 aromatic rings. The normalized spacial score (nSPS) is 11.9. The van der Waals surface area contributed by atoms with Gasteiger partial charge in [0.1, 0.15) is 0 Å². The van der Waals surface area contributed by atoms with Crippen molar-refractivity contribution in [1.29, 1.82) is 5.41 Å². The first-order valence-corrected chi connectivity index (χ1v) is 3.98. The molecular formula is C10H11N3. The second-order valence-corrected chi connectivity index (χ2v) is 2.38. The second kappa shape index (κ2) is 4.98. The predicted octanol–water partition coefficient (Wildman–Crippen LogP) is 2.05. The molecule has 0 aliphatic heterocycles. The average molecular weight is 173 g/mol. The summed E-state index contributed by atoms with van der Waals surface area (Å²) in [7, 11) is 0. The maximum absolute atomic E-state index is 7.17. The number of nitrogens with zero attached hydrogens (tertiary/aromatic N) is 2. The van der Waals surface area contributed by atoms with Gasteiger partial charge in [-0.2, -0.15) is 0 Å². The van der Waals surface area contributed by atoms with Gasteiger partial charge in [-0.3, -0.25) is 9.98 Å². The van der Waals surface area contributed by atoms with Crippen LogP contribution in [0, 0.1) is 5.41 Å². The van der Waals surface area contributed by atoms with Crippen LogP contribution in [0.1, 0.15) is 12.5 Å². The number of pyridine rings is 1. The van der Waals surface area contributed by atoms with Gasteiger partial charge in [0, 0.05) is 30.4 Å². The molecule has 0 spiro atoms. The zero-order chi connectivity index (χ0) is 9.52. The molecule has 13 heavy (non-hydrogen) atoms. The Morgan fingerprint density at radius 1 is 1.46 bits per heavy atom. The molecule has 1 heterocycles. The van der Waals surface area contributed by atoms with Gasteiger partial charge in [0.25, 0.3) is 0 Å². The van der Waals surface area contributed by atoms with Gasteiger partial charge in [0.15, 0.2) is 0 Å². The topological polar surface area (TPSA) is 49.1 Å². The van der Waals surface area contributed by atoms with Crippen LogP contribution in [0.4, 0.5) is 0 Å². The fourth-order valence-electron chi connectivity index (χ4n) is 0.873. The van der Waals surface area contributed by atoms with Crippen LogP contribution in [0.2, 0.25) is 0 Å². The molecule has 0 aromatic carbocycles. The largest absolute Gasteiger partial charge is 0.306 e. The Morgan fingerprint density at radius 2 is 2.15 bits per heavy atom. The Kier molecular flexibility index (Phi) is 3.57. The maximum atomic E-state index is 7.17. The molecule has 0 saturated carbocycles. The maximum Gasteiger partial charge on any atom is 0.0878 e. The molecular weight excluding hydrogens is 162 g/mol. The highest BCUT2D eigenvalue weighted by atomic mass is 14.7. The summed E-state index contributed by atoms with van der Waals surface area (Å²) in [6.07, 6.45) is 8.09. The Labute approximate surface area is 77.4 Å². The highest BCUT2D eigenvalue weighted by molar-refractivity contribution is 6.37. The monoisotopic (exact) mass is 173 g/mol. The number of aliphatic imine (C=N–C) groups is 1. The van der Waals surface area contributed by atoms with E-state index >= 15 is 0 Å². The lowest BCUT2D eigenvalue weighted by Crippen LogP contribution is -2.00. The van der Waals surface area contributed by atoms with E-state index < -0.39 is 0 Å². The van der Waals surface area contributed by atoms with Crippen molar-refractivity contribution in [2.75, 3.05) is 0 Å². The minimum absolute atomic E-state index is 0.639. The standard InChI is InChI=1S/C10H11N3/c1-2-5-13-10(8-11)9-3-6-12-7-4-9/h2-8,11H,1H3/b5-2-,11-8?,13-10?. The van der Waals surface area contributed by atoms with E-state index in [0.29, 0.717) is 5.71 Å². The van der Waals surface area contributed by atoms with Crippen LogP contribution in [0.25, 0.3) is 0 Å². The first kappa shape index (κ1) is 9.32. The predicted molar refractivity (Wildman–Crippen MR) is 54.4 cm³/mol. The fraction of sp³-hybridized carbons (Fsp3) is 0.100. The van der Waals surface area contributed by atoms with Crippen LogP contribution in [-0.4, -0.2) is 16.9 Å². The van der Waals surface area contributed by atoms with Gasteiger partial charge in [-0.15, -0.1) is 0 Å². The highest BCUT2D eigenvalue weighted by Gasteiger charge is 1.96. The van der Waals surface area contributed by atoms with E-state index in [1.165, 1.54) is 6.21 Å². The minimum atomic E-state index is 0.639. The van der Waals surface area contributed by atoms with Gasteiger partial charge >= 0.3 is 0 Å². The number of hydrogen-bond acceptors (Lipinski definition) is 3. The lowest BCUT2D eigenvalue weighted by molar-refractivity contribution is 1.32. The molecule has 1 rings (SSSR count). The van der Waals surface area contributed by atoms with E-state index in [1.54, 1.807) is 18.6 Å². The van der Waals surface area contributed by atoms with Crippen molar-refractivity contribution < 1.29 is 0 Å². The molecule has 0 unspecified atom stereocenters. The molecule has 0 bridgehead atoms. The van der Waals surface area contributed by atoms with E-state index in [-0.39, 0.29) is 0 Å². The number of allylic oxidation sites excluding steroid dienone is 1. The molecule has 3 heteroatoms. The summed E-state index contributed by atoms with van der Waals surface area (Å²) in [5.74, 6) is 0. The van der Waals surface area contributed by atoms with Crippen LogP contribution in [-0.2, 0) is 0 Å². The zero-order valence-corrected chi connectivity index (χ0v) is 7.44. The lowest BCUT2D eigenvalue weighted by Gasteiger charge is -1.96. The van der Waals surface area contributed by atoms with Gasteiger partial charge in [-0.05, 0) is 19.1 Å². The first-order valence-electron chi connectivity index (χ1n) is 3.98. The summed E-state index contributed by atoms with van der Waals surface area (Å²) in [5.41, 5.74) is 1.55. The molecule has 0 saturated heterocycles. The zero-order valence-electron chi connectivity index (χ0n) is 7.44. The Morgan fingerprint density at radius 3 is 2.69 bits per heavy atom. The van der Waals surface area contributed by atoms with Crippen LogP contribution in [0.15, 0.2) is 41.8 Å².